The van der Waals surface area contributed by atoms with Gasteiger partial charge in [0.2, 0.25) is 0 Å². The third-order valence-electron chi connectivity index (χ3n) is 3.19. The normalized spacial score (nSPS) is 12.7. The highest BCUT2D eigenvalue weighted by Crippen LogP contribution is 2.18. The zero-order chi connectivity index (χ0) is 14.8. The molecule has 1 aromatic carbocycles. The summed E-state index contributed by atoms with van der Waals surface area (Å²) in [6.07, 6.45) is 4.71. The summed E-state index contributed by atoms with van der Waals surface area (Å²) in [6.45, 7) is 8.42. The average molecular weight is 295 g/mol. The van der Waals surface area contributed by atoms with E-state index < -0.39 is 0 Å². The van der Waals surface area contributed by atoms with Crippen molar-refractivity contribution in [3.8, 4) is 5.75 Å². The van der Waals surface area contributed by atoms with Crippen molar-refractivity contribution in [1.82, 2.24) is 5.32 Å². The zero-order valence-corrected chi connectivity index (χ0v) is 14.1. The van der Waals surface area contributed by atoms with Crippen LogP contribution >= 0.6 is 11.8 Å². The highest BCUT2D eigenvalue weighted by Gasteiger charge is 2.05. The molecule has 2 nitrogen and oxygen atoms in total. The summed E-state index contributed by atoms with van der Waals surface area (Å²) in [5.41, 5.74) is 1.33. The lowest BCUT2D eigenvalue weighted by atomic mass is 10.1. The lowest BCUT2D eigenvalue weighted by Gasteiger charge is -2.15. The zero-order valence-electron chi connectivity index (χ0n) is 13.3. The van der Waals surface area contributed by atoms with Crippen LogP contribution in [-0.2, 0) is 0 Å². The molecular formula is C17H29NOS. The number of rotatable bonds is 10. The average Bonchev–Trinajstić information content (AvgIpc) is 2.45. The van der Waals surface area contributed by atoms with Gasteiger partial charge in [-0.25, -0.2) is 0 Å². The molecular weight excluding hydrogens is 266 g/mol. The largest absolute Gasteiger partial charge is 0.493 e. The molecule has 0 aliphatic carbocycles. The van der Waals surface area contributed by atoms with Gasteiger partial charge in [-0.3, -0.25) is 0 Å². The van der Waals surface area contributed by atoms with Crippen molar-refractivity contribution in [2.24, 2.45) is 5.92 Å². The van der Waals surface area contributed by atoms with E-state index in [-0.39, 0.29) is 0 Å². The molecule has 114 valence electrons. The van der Waals surface area contributed by atoms with E-state index in [1.165, 1.54) is 24.2 Å². The Labute approximate surface area is 128 Å². The molecule has 3 heteroatoms. The van der Waals surface area contributed by atoms with Gasteiger partial charge in [0, 0.05) is 6.04 Å². The summed E-state index contributed by atoms with van der Waals surface area (Å²) < 4.78 is 5.70. The van der Waals surface area contributed by atoms with Gasteiger partial charge in [0.15, 0.2) is 0 Å². The van der Waals surface area contributed by atoms with Crippen LogP contribution in [0.1, 0.15) is 45.2 Å². The molecule has 0 amide bonds. The standard InChI is InChI=1S/C17H29NOS/c1-14(2)13-19-17-9-7-16(8-10-17)15(3)18-11-5-6-12-20-4/h7-10,14-15,18H,5-6,11-13H2,1-4H3. The van der Waals surface area contributed by atoms with Gasteiger partial charge in [-0.1, -0.05) is 26.0 Å². The first-order chi connectivity index (χ1) is 9.63. The molecule has 0 aliphatic heterocycles. The van der Waals surface area contributed by atoms with Gasteiger partial charge in [0.05, 0.1) is 6.61 Å². The van der Waals surface area contributed by atoms with Gasteiger partial charge >= 0.3 is 0 Å². The smallest absolute Gasteiger partial charge is 0.119 e. The van der Waals surface area contributed by atoms with E-state index in [0.29, 0.717) is 12.0 Å². The number of ether oxygens (including phenoxy) is 1. The van der Waals surface area contributed by atoms with Crippen molar-refractivity contribution >= 4 is 11.8 Å². The quantitative estimate of drug-likeness (QED) is 0.641. The molecule has 0 spiro atoms. The Bertz CT molecular complexity index is 351. The Morgan fingerprint density at radius 1 is 1.10 bits per heavy atom. The molecule has 0 saturated heterocycles. The Balaban J connectivity index is 2.31. The van der Waals surface area contributed by atoms with Crippen LogP contribution in [0.3, 0.4) is 0 Å². The van der Waals surface area contributed by atoms with Crippen molar-refractivity contribution < 1.29 is 4.74 Å². The molecule has 1 unspecified atom stereocenters. The highest BCUT2D eigenvalue weighted by atomic mass is 32.2. The predicted molar refractivity (Wildman–Crippen MR) is 90.8 cm³/mol. The SMILES string of the molecule is CSCCCCNC(C)c1ccc(OCC(C)C)cc1. The van der Waals surface area contributed by atoms with Crippen molar-refractivity contribution in [3.05, 3.63) is 29.8 Å². The van der Waals surface area contributed by atoms with Gasteiger partial charge < -0.3 is 10.1 Å². The summed E-state index contributed by atoms with van der Waals surface area (Å²) in [5, 5.41) is 3.58. The first kappa shape index (κ1) is 17.4. The van der Waals surface area contributed by atoms with Crippen molar-refractivity contribution in [1.29, 1.82) is 0 Å². The topological polar surface area (TPSA) is 21.3 Å². The monoisotopic (exact) mass is 295 g/mol. The van der Waals surface area contributed by atoms with Crippen LogP contribution in [-0.4, -0.2) is 25.2 Å². The number of benzene rings is 1. The fourth-order valence-corrected chi connectivity index (χ4v) is 2.42. The first-order valence-corrected chi connectivity index (χ1v) is 8.98. The third kappa shape index (κ3) is 7.20. The Morgan fingerprint density at radius 2 is 1.80 bits per heavy atom. The van der Waals surface area contributed by atoms with Crippen LogP contribution in [0, 0.1) is 5.92 Å². The number of unbranched alkanes of at least 4 members (excludes halogenated alkanes) is 1. The van der Waals surface area contributed by atoms with Crippen LogP contribution in [0.2, 0.25) is 0 Å². The lowest BCUT2D eigenvalue weighted by Crippen LogP contribution is -2.19. The van der Waals surface area contributed by atoms with Crippen LogP contribution in [0.4, 0.5) is 0 Å². The first-order valence-electron chi connectivity index (χ1n) is 7.58. The van der Waals surface area contributed by atoms with Crippen molar-refractivity contribution in [3.63, 3.8) is 0 Å². The molecule has 0 heterocycles. The second-order valence-corrected chi connectivity index (χ2v) is 6.64. The fourth-order valence-electron chi connectivity index (χ4n) is 1.92. The number of hydrogen-bond acceptors (Lipinski definition) is 3. The molecule has 0 aliphatic rings. The minimum Gasteiger partial charge on any atom is -0.493 e. The molecule has 1 atom stereocenters. The summed E-state index contributed by atoms with van der Waals surface area (Å²) in [7, 11) is 0. The second kappa shape index (κ2) is 10.1. The minimum absolute atomic E-state index is 0.406. The van der Waals surface area contributed by atoms with Gasteiger partial charge in [-0.15, -0.1) is 0 Å². The molecule has 20 heavy (non-hydrogen) atoms. The number of nitrogens with one attached hydrogen (secondary N) is 1. The Kier molecular flexibility index (Phi) is 8.79. The molecule has 0 bridgehead atoms. The summed E-state index contributed by atoms with van der Waals surface area (Å²) in [6, 6.07) is 8.88. The molecule has 1 rings (SSSR count). The minimum atomic E-state index is 0.406. The van der Waals surface area contributed by atoms with E-state index in [1.54, 1.807) is 0 Å². The third-order valence-corrected chi connectivity index (χ3v) is 3.89. The summed E-state index contributed by atoms with van der Waals surface area (Å²) in [4.78, 5) is 0. The van der Waals surface area contributed by atoms with Gasteiger partial charge in [0.25, 0.3) is 0 Å². The Morgan fingerprint density at radius 3 is 2.40 bits per heavy atom. The maximum absolute atomic E-state index is 5.70. The fraction of sp³-hybridized carbons (Fsp3) is 0.647. The van der Waals surface area contributed by atoms with Gasteiger partial charge in [-0.2, -0.15) is 11.8 Å². The van der Waals surface area contributed by atoms with E-state index in [1.807, 2.05) is 11.8 Å². The van der Waals surface area contributed by atoms with Crippen LogP contribution < -0.4 is 10.1 Å². The lowest BCUT2D eigenvalue weighted by molar-refractivity contribution is 0.271. The van der Waals surface area contributed by atoms with E-state index in [0.717, 1.165) is 18.9 Å². The number of hydrogen-bond donors (Lipinski definition) is 1. The predicted octanol–water partition coefficient (Wildman–Crippen LogP) is 4.52. The molecule has 0 fully saturated rings. The molecule has 0 aromatic heterocycles. The van der Waals surface area contributed by atoms with E-state index in [2.05, 4.69) is 56.6 Å². The maximum Gasteiger partial charge on any atom is 0.119 e. The highest BCUT2D eigenvalue weighted by molar-refractivity contribution is 7.98. The van der Waals surface area contributed by atoms with Gasteiger partial charge in [0.1, 0.15) is 5.75 Å². The van der Waals surface area contributed by atoms with Crippen LogP contribution in [0.5, 0.6) is 5.75 Å². The van der Waals surface area contributed by atoms with E-state index >= 15 is 0 Å². The summed E-state index contributed by atoms with van der Waals surface area (Å²) in [5.74, 6) is 2.80. The van der Waals surface area contributed by atoms with Crippen LogP contribution in [0.25, 0.3) is 0 Å². The van der Waals surface area contributed by atoms with E-state index in [9.17, 15) is 0 Å². The van der Waals surface area contributed by atoms with Crippen LogP contribution in [0.15, 0.2) is 24.3 Å². The second-order valence-electron chi connectivity index (χ2n) is 5.65. The maximum atomic E-state index is 5.70. The van der Waals surface area contributed by atoms with Crippen molar-refractivity contribution in [2.45, 2.75) is 39.7 Å². The molecule has 0 saturated carbocycles. The van der Waals surface area contributed by atoms with E-state index in [4.69, 9.17) is 4.74 Å². The molecule has 0 radical (unpaired) electrons. The summed E-state index contributed by atoms with van der Waals surface area (Å²) >= 11 is 1.92. The Hall–Kier alpha value is -0.670. The van der Waals surface area contributed by atoms with Gasteiger partial charge in [-0.05, 0) is 61.9 Å². The molecule has 1 N–H and O–H groups in total. The number of thioether (sulfide) groups is 1. The van der Waals surface area contributed by atoms with Crippen molar-refractivity contribution in [2.75, 3.05) is 25.2 Å². The molecule has 1 aromatic rings.